The molecular formula is C10H9BrF2. The molecule has 0 fully saturated rings. The van der Waals surface area contributed by atoms with Crippen LogP contribution in [0.25, 0.3) is 0 Å². The van der Waals surface area contributed by atoms with Crippen molar-refractivity contribution in [3.8, 4) is 0 Å². The van der Waals surface area contributed by atoms with Crippen LogP contribution in [-0.2, 0) is 6.42 Å². The summed E-state index contributed by atoms with van der Waals surface area (Å²) in [5, 5.41) is 0. The molecule has 0 bridgehead atoms. The Kier molecular flexibility index (Phi) is 3.60. The van der Waals surface area contributed by atoms with E-state index in [1.165, 1.54) is 6.07 Å². The van der Waals surface area contributed by atoms with Gasteiger partial charge in [-0.3, -0.25) is 0 Å². The average molecular weight is 247 g/mol. The Labute approximate surface area is 84.4 Å². The fourth-order valence-corrected chi connectivity index (χ4v) is 1.27. The molecule has 0 saturated heterocycles. The lowest BCUT2D eigenvalue weighted by atomic mass is 10.1. The number of rotatable bonds is 2. The maximum atomic E-state index is 13.1. The van der Waals surface area contributed by atoms with Gasteiger partial charge in [-0.1, -0.05) is 18.2 Å². The highest BCUT2D eigenvalue weighted by Crippen LogP contribution is 2.21. The lowest BCUT2D eigenvalue weighted by Gasteiger charge is -2.01. The molecule has 0 radical (unpaired) electrons. The third-order valence-electron chi connectivity index (χ3n) is 1.69. The van der Waals surface area contributed by atoms with Crippen LogP contribution in [0.1, 0.15) is 12.5 Å². The summed E-state index contributed by atoms with van der Waals surface area (Å²) < 4.78 is 26.3. The van der Waals surface area contributed by atoms with Gasteiger partial charge in [0.25, 0.3) is 0 Å². The lowest BCUT2D eigenvalue weighted by Crippen LogP contribution is -1.93. The summed E-state index contributed by atoms with van der Waals surface area (Å²) in [7, 11) is 0. The maximum Gasteiger partial charge on any atom is 0.173 e. The molecule has 70 valence electrons. The highest BCUT2D eigenvalue weighted by Gasteiger charge is 2.09. The largest absolute Gasteiger partial charge is 0.203 e. The number of halogens is 3. The third kappa shape index (κ3) is 2.37. The monoisotopic (exact) mass is 246 g/mol. The predicted octanol–water partition coefficient (Wildman–Crippen LogP) is 3.85. The second kappa shape index (κ2) is 4.51. The molecule has 0 aliphatic heterocycles. The van der Waals surface area contributed by atoms with Crippen LogP contribution in [0.2, 0.25) is 0 Å². The zero-order valence-corrected chi connectivity index (χ0v) is 8.74. The molecule has 3 heteroatoms. The van der Waals surface area contributed by atoms with E-state index in [2.05, 4.69) is 15.9 Å². The number of hydrogen-bond acceptors (Lipinski definition) is 0. The van der Waals surface area contributed by atoms with Crippen molar-refractivity contribution in [1.82, 2.24) is 0 Å². The lowest BCUT2D eigenvalue weighted by molar-refractivity contribution is 0.497. The van der Waals surface area contributed by atoms with Crippen LogP contribution < -0.4 is 0 Å². The van der Waals surface area contributed by atoms with E-state index < -0.39 is 11.6 Å². The summed E-state index contributed by atoms with van der Waals surface area (Å²) in [5.74, 6) is -1.59. The Balaban J connectivity index is 3.03. The van der Waals surface area contributed by atoms with Crippen molar-refractivity contribution in [2.45, 2.75) is 13.3 Å². The molecule has 0 amide bonds. The van der Waals surface area contributed by atoms with E-state index in [1.54, 1.807) is 18.2 Å². The van der Waals surface area contributed by atoms with Crippen LogP contribution in [0.3, 0.4) is 0 Å². The van der Waals surface area contributed by atoms with E-state index in [0.29, 0.717) is 12.0 Å². The van der Waals surface area contributed by atoms with Crippen molar-refractivity contribution < 1.29 is 8.78 Å². The SMILES string of the molecule is CC=CCc1ccc(Br)c(F)c1F. The van der Waals surface area contributed by atoms with E-state index >= 15 is 0 Å². The van der Waals surface area contributed by atoms with Gasteiger partial charge < -0.3 is 0 Å². The third-order valence-corrected chi connectivity index (χ3v) is 2.30. The van der Waals surface area contributed by atoms with Gasteiger partial charge in [0.2, 0.25) is 0 Å². The van der Waals surface area contributed by atoms with Gasteiger partial charge in [-0.15, -0.1) is 0 Å². The summed E-state index contributed by atoms with van der Waals surface area (Å²) >= 11 is 2.92. The molecule has 0 heterocycles. The van der Waals surface area contributed by atoms with Gasteiger partial charge in [-0.05, 0) is 40.9 Å². The summed E-state index contributed by atoms with van der Waals surface area (Å²) in [6.07, 6.45) is 4.01. The van der Waals surface area contributed by atoms with Crippen molar-refractivity contribution >= 4 is 15.9 Å². The standard InChI is InChI=1S/C10H9BrF2/c1-2-3-4-7-5-6-8(11)10(13)9(7)12/h2-3,5-6H,4H2,1H3. The van der Waals surface area contributed by atoms with Crippen LogP contribution in [0.4, 0.5) is 8.78 Å². The first-order valence-corrected chi connectivity index (χ1v) is 4.69. The van der Waals surface area contributed by atoms with E-state index in [4.69, 9.17) is 0 Å². The molecule has 0 nitrogen and oxygen atoms in total. The minimum absolute atomic E-state index is 0.161. The number of hydrogen-bond donors (Lipinski definition) is 0. The summed E-state index contributed by atoms with van der Waals surface area (Å²) in [6, 6.07) is 3.08. The van der Waals surface area contributed by atoms with E-state index in [-0.39, 0.29) is 4.47 Å². The van der Waals surface area contributed by atoms with Crippen molar-refractivity contribution in [3.63, 3.8) is 0 Å². The second-order valence-electron chi connectivity index (χ2n) is 2.61. The molecule has 0 unspecified atom stereocenters. The van der Waals surface area contributed by atoms with E-state index in [0.717, 1.165) is 0 Å². The Morgan fingerprint density at radius 2 is 2.00 bits per heavy atom. The molecule has 0 saturated carbocycles. The molecule has 1 aromatic rings. The minimum atomic E-state index is -0.818. The first kappa shape index (κ1) is 10.4. The van der Waals surface area contributed by atoms with Crippen LogP contribution in [0, 0.1) is 11.6 Å². The fourth-order valence-electron chi connectivity index (χ4n) is 0.968. The van der Waals surface area contributed by atoms with Gasteiger partial charge in [0.1, 0.15) is 0 Å². The second-order valence-corrected chi connectivity index (χ2v) is 3.46. The average Bonchev–Trinajstić information content (AvgIpc) is 2.13. The Hall–Kier alpha value is -0.700. The molecule has 1 aromatic carbocycles. The van der Waals surface area contributed by atoms with Gasteiger partial charge in [0.15, 0.2) is 11.6 Å². The molecule has 1 rings (SSSR count). The normalized spacial score (nSPS) is 11.1. The molecule has 0 aromatic heterocycles. The summed E-state index contributed by atoms with van der Waals surface area (Å²) in [6.45, 7) is 1.84. The molecule has 0 N–H and O–H groups in total. The van der Waals surface area contributed by atoms with E-state index in [1.807, 2.05) is 6.92 Å². The minimum Gasteiger partial charge on any atom is -0.203 e. The van der Waals surface area contributed by atoms with Crippen molar-refractivity contribution in [1.29, 1.82) is 0 Å². The van der Waals surface area contributed by atoms with Gasteiger partial charge in [-0.25, -0.2) is 8.78 Å². The van der Waals surface area contributed by atoms with Crippen LogP contribution >= 0.6 is 15.9 Å². The quantitative estimate of drug-likeness (QED) is 0.550. The molecule has 0 spiro atoms. The summed E-state index contributed by atoms with van der Waals surface area (Å²) in [5.41, 5.74) is 0.374. The van der Waals surface area contributed by atoms with Gasteiger partial charge >= 0.3 is 0 Å². The number of benzene rings is 1. The fraction of sp³-hybridized carbons (Fsp3) is 0.200. The first-order chi connectivity index (χ1) is 6.16. The van der Waals surface area contributed by atoms with Gasteiger partial charge in [-0.2, -0.15) is 0 Å². The van der Waals surface area contributed by atoms with Crippen LogP contribution in [0.15, 0.2) is 28.8 Å². The van der Waals surface area contributed by atoms with Crippen LogP contribution in [-0.4, -0.2) is 0 Å². The molecule has 0 aliphatic rings. The van der Waals surface area contributed by atoms with Crippen molar-refractivity contribution in [2.24, 2.45) is 0 Å². The molecule has 13 heavy (non-hydrogen) atoms. The first-order valence-electron chi connectivity index (χ1n) is 3.90. The summed E-state index contributed by atoms with van der Waals surface area (Å²) in [4.78, 5) is 0. The Bertz CT molecular complexity index is 332. The number of allylic oxidation sites excluding steroid dienone is 2. The van der Waals surface area contributed by atoms with E-state index in [9.17, 15) is 8.78 Å². The van der Waals surface area contributed by atoms with Gasteiger partial charge in [0, 0.05) is 0 Å². The van der Waals surface area contributed by atoms with Crippen molar-refractivity contribution in [3.05, 3.63) is 46.0 Å². The Morgan fingerprint density at radius 3 is 2.62 bits per heavy atom. The highest BCUT2D eigenvalue weighted by atomic mass is 79.9. The topological polar surface area (TPSA) is 0 Å². The zero-order valence-electron chi connectivity index (χ0n) is 7.15. The van der Waals surface area contributed by atoms with Crippen molar-refractivity contribution in [2.75, 3.05) is 0 Å². The zero-order chi connectivity index (χ0) is 9.84. The smallest absolute Gasteiger partial charge is 0.173 e. The highest BCUT2D eigenvalue weighted by molar-refractivity contribution is 9.10. The molecular weight excluding hydrogens is 238 g/mol. The predicted molar refractivity (Wildman–Crippen MR) is 52.6 cm³/mol. The van der Waals surface area contributed by atoms with Crippen LogP contribution in [0.5, 0.6) is 0 Å². The maximum absolute atomic E-state index is 13.1. The molecule has 0 atom stereocenters. The Morgan fingerprint density at radius 1 is 1.31 bits per heavy atom. The van der Waals surface area contributed by atoms with Gasteiger partial charge in [0.05, 0.1) is 4.47 Å². The molecule has 0 aliphatic carbocycles.